The van der Waals surface area contributed by atoms with Gasteiger partial charge < -0.3 is 24.6 Å². The molecule has 0 spiro atoms. The van der Waals surface area contributed by atoms with Gasteiger partial charge in [0.25, 0.3) is 5.91 Å². The van der Waals surface area contributed by atoms with Crippen molar-refractivity contribution in [1.29, 1.82) is 0 Å². The van der Waals surface area contributed by atoms with Gasteiger partial charge in [-0.15, -0.1) is 0 Å². The normalized spacial score (nSPS) is 15.5. The first-order chi connectivity index (χ1) is 19.4. The molecule has 2 aliphatic rings. The largest absolute Gasteiger partial charge is 0.504 e. The van der Waals surface area contributed by atoms with Crippen molar-refractivity contribution in [3.8, 4) is 23.0 Å². The molecule has 0 aromatic heterocycles. The summed E-state index contributed by atoms with van der Waals surface area (Å²) in [5.41, 5.74) is 2.57. The molecule has 210 valence electrons. The fourth-order valence-electron chi connectivity index (χ4n) is 5.35. The van der Waals surface area contributed by atoms with Crippen LogP contribution in [0.3, 0.4) is 0 Å². The Bertz CT molecular complexity index is 1360. The Balaban J connectivity index is 1.63. The molecule has 0 radical (unpaired) electrons. The number of fused-ring (bicyclic) bond motifs is 1. The fourth-order valence-corrected chi connectivity index (χ4v) is 5.35. The van der Waals surface area contributed by atoms with Crippen LogP contribution in [-0.2, 0) is 4.79 Å². The van der Waals surface area contributed by atoms with Crippen molar-refractivity contribution >= 4 is 17.5 Å². The average molecular weight is 545 g/mol. The van der Waals surface area contributed by atoms with Crippen molar-refractivity contribution in [2.24, 2.45) is 0 Å². The van der Waals surface area contributed by atoms with E-state index in [4.69, 9.17) is 14.2 Å². The average Bonchev–Trinajstić information content (AvgIpc) is 3.48. The van der Waals surface area contributed by atoms with E-state index in [0.717, 1.165) is 31.2 Å². The van der Waals surface area contributed by atoms with Crippen LogP contribution >= 0.6 is 0 Å². The number of nitrogens with one attached hydrogen (secondary N) is 1. The number of phenolic OH excluding ortho intramolecular Hbond substituents is 1. The second-order valence-electron chi connectivity index (χ2n) is 10.6. The summed E-state index contributed by atoms with van der Waals surface area (Å²) in [5, 5.41) is 13.5. The molecular formula is C32H36N2O6. The molecule has 1 aliphatic carbocycles. The minimum Gasteiger partial charge on any atom is -0.504 e. The van der Waals surface area contributed by atoms with Crippen molar-refractivity contribution in [1.82, 2.24) is 5.32 Å². The number of nitrogens with zero attached hydrogens (tertiary/aromatic N) is 1. The van der Waals surface area contributed by atoms with E-state index in [2.05, 4.69) is 19.2 Å². The van der Waals surface area contributed by atoms with Gasteiger partial charge in [-0.05, 0) is 72.4 Å². The Morgan fingerprint density at radius 3 is 2.27 bits per heavy atom. The Hall–Kier alpha value is -4.20. The van der Waals surface area contributed by atoms with E-state index in [1.165, 1.54) is 18.1 Å². The van der Waals surface area contributed by atoms with Gasteiger partial charge in [0, 0.05) is 17.3 Å². The number of phenols is 1. The molecule has 0 bridgehead atoms. The highest BCUT2D eigenvalue weighted by Crippen LogP contribution is 2.37. The first-order valence-corrected chi connectivity index (χ1v) is 13.9. The summed E-state index contributed by atoms with van der Waals surface area (Å²) >= 11 is 0. The van der Waals surface area contributed by atoms with E-state index < -0.39 is 6.04 Å². The number of carbonyl (C=O) groups excluding carboxylic acids is 2. The Labute approximate surface area is 234 Å². The van der Waals surface area contributed by atoms with E-state index in [-0.39, 0.29) is 29.4 Å². The number of ether oxygens (including phenoxy) is 3. The van der Waals surface area contributed by atoms with Crippen LogP contribution in [0, 0.1) is 0 Å². The van der Waals surface area contributed by atoms with Gasteiger partial charge in [0.05, 0.1) is 7.11 Å². The molecule has 40 heavy (non-hydrogen) atoms. The SMILES string of the molecule is COc1cc([C@@H](C(=O)NC2CCCC2)N(C(=O)c2ccc3c(c2)OCCO3)c2ccc(C(C)C)cc2)ccc1O. The van der Waals surface area contributed by atoms with E-state index in [1.807, 2.05) is 24.3 Å². The third-order valence-corrected chi connectivity index (χ3v) is 7.57. The van der Waals surface area contributed by atoms with Gasteiger partial charge in [-0.1, -0.05) is 44.9 Å². The van der Waals surface area contributed by atoms with Crippen LogP contribution in [0.15, 0.2) is 60.7 Å². The zero-order valence-corrected chi connectivity index (χ0v) is 23.2. The maximum Gasteiger partial charge on any atom is 0.259 e. The molecule has 3 aromatic rings. The van der Waals surface area contributed by atoms with Gasteiger partial charge in [0.15, 0.2) is 23.0 Å². The van der Waals surface area contributed by atoms with E-state index in [1.54, 1.807) is 30.3 Å². The van der Waals surface area contributed by atoms with Gasteiger partial charge in [-0.2, -0.15) is 0 Å². The fraction of sp³-hybridized carbons (Fsp3) is 0.375. The number of hydrogen-bond acceptors (Lipinski definition) is 6. The summed E-state index contributed by atoms with van der Waals surface area (Å²) in [4.78, 5) is 30.0. The lowest BCUT2D eigenvalue weighted by Crippen LogP contribution is -2.46. The molecule has 8 heteroatoms. The maximum atomic E-state index is 14.4. The predicted octanol–water partition coefficient (Wildman–Crippen LogP) is 5.74. The minimum absolute atomic E-state index is 0.0450. The Kier molecular flexibility index (Phi) is 8.14. The molecule has 1 atom stereocenters. The highest BCUT2D eigenvalue weighted by Gasteiger charge is 2.36. The number of hydrogen-bond donors (Lipinski definition) is 2. The number of aromatic hydroxyl groups is 1. The summed E-state index contributed by atoms with van der Waals surface area (Å²) in [6.07, 6.45) is 3.91. The summed E-state index contributed by atoms with van der Waals surface area (Å²) in [5.74, 6) is 0.885. The molecule has 0 unspecified atom stereocenters. The van der Waals surface area contributed by atoms with E-state index in [0.29, 0.717) is 47.4 Å². The Morgan fingerprint density at radius 2 is 1.60 bits per heavy atom. The molecule has 8 nitrogen and oxygen atoms in total. The van der Waals surface area contributed by atoms with Crippen LogP contribution in [0.1, 0.15) is 73.0 Å². The lowest BCUT2D eigenvalue weighted by Gasteiger charge is -2.33. The molecule has 1 aliphatic heterocycles. The van der Waals surface area contributed by atoms with Gasteiger partial charge in [0.1, 0.15) is 19.3 Å². The number of anilines is 1. The van der Waals surface area contributed by atoms with Crippen LogP contribution in [0.2, 0.25) is 0 Å². The third-order valence-electron chi connectivity index (χ3n) is 7.57. The van der Waals surface area contributed by atoms with Crippen LogP contribution in [0.25, 0.3) is 0 Å². The molecule has 2 amide bonds. The maximum absolute atomic E-state index is 14.4. The summed E-state index contributed by atoms with van der Waals surface area (Å²) in [7, 11) is 1.45. The van der Waals surface area contributed by atoms with Crippen molar-refractivity contribution in [3.05, 3.63) is 77.4 Å². The van der Waals surface area contributed by atoms with Gasteiger partial charge in [0.2, 0.25) is 5.91 Å². The first kappa shape index (κ1) is 27.4. The summed E-state index contributed by atoms with van der Waals surface area (Å²) in [6.45, 7) is 5.05. The second kappa shape index (κ2) is 11.9. The molecule has 1 fully saturated rings. The van der Waals surface area contributed by atoms with Gasteiger partial charge >= 0.3 is 0 Å². The monoisotopic (exact) mass is 544 g/mol. The predicted molar refractivity (Wildman–Crippen MR) is 153 cm³/mol. The molecular weight excluding hydrogens is 508 g/mol. The number of methoxy groups -OCH3 is 1. The first-order valence-electron chi connectivity index (χ1n) is 13.9. The van der Waals surface area contributed by atoms with Crippen molar-refractivity contribution in [2.45, 2.75) is 57.5 Å². The zero-order valence-electron chi connectivity index (χ0n) is 23.2. The van der Waals surface area contributed by atoms with Crippen molar-refractivity contribution in [2.75, 3.05) is 25.2 Å². The topological polar surface area (TPSA) is 97.3 Å². The lowest BCUT2D eigenvalue weighted by atomic mass is 9.98. The van der Waals surface area contributed by atoms with E-state index >= 15 is 0 Å². The number of carbonyl (C=O) groups is 2. The quantitative estimate of drug-likeness (QED) is 0.375. The Morgan fingerprint density at radius 1 is 0.925 bits per heavy atom. The van der Waals surface area contributed by atoms with Crippen LogP contribution in [0.5, 0.6) is 23.0 Å². The van der Waals surface area contributed by atoms with Crippen LogP contribution in [0.4, 0.5) is 5.69 Å². The van der Waals surface area contributed by atoms with Crippen molar-refractivity contribution < 1.29 is 28.9 Å². The van der Waals surface area contributed by atoms with Gasteiger partial charge in [-0.3, -0.25) is 14.5 Å². The number of rotatable bonds is 8. The summed E-state index contributed by atoms with van der Waals surface area (Å²) < 4.78 is 16.8. The molecule has 3 aromatic carbocycles. The highest BCUT2D eigenvalue weighted by atomic mass is 16.6. The molecule has 1 heterocycles. The minimum atomic E-state index is -1.03. The smallest absolute Gasteiger partial charge is 0.259 e. The molecule has 0 saturated heterocycles. The molecule has 2 N–H and O–H groups in total. The standard InChI is InChI=1S/C32H36N2O6/c1-20(2)21-8-12-25(13-9-21)34(32(37)23-11-15-27-29(19-23)40-17-16-39-27)30(31(36)33-24-6-4-5-7-24)22-10-14-26(35)28(18-22)38-3/h8-15,18-20,24,30,35H,4-7,16-17H2,1-3H3,(H,33,36)/t30-/m0/s1. The third kappa shape index (κ3) is 5.71. The van der Waals surface area contributed by atoms with Crippen LogP contribution in [-0.4, -0.2) is 43.3 Å². The number of benzene rings is 3. The van der Waals surface area contributed by atoms with Gasteiger partial charge in [-0.25, -0.2) is 0 Å². The van der Waals surface area contributed by atoms with E-state index in [9.17, 15) is 14.7 Å². The summed E-state index contributed by atoms with van der Waals surface area (Å²) in [6, 6.07) is 16.5. The number of amides is 2. The zero-order chi connectivity index (χ0) is 28.2. The molecule has 5 rings (SSSR count). The lowest BCUT2D eigenvalue weighted by molar-refractivity contribution is -0.123. The van der Waals surface area contributed by atoms with Crippen LogP contribution < -0.4 is 24.4 Å². The highest BCUT2D eigenvalue weighted by molar-refractivity contribution is 6.10. The molecule has 1 saturated carbocycles. The second-order valence-corrected chi connectivity index (χ2v) is 10.6. The van der Waals surface area contributed by atoms with Crippen molar-refractivity contribution in [3.63, 3.8) is 0 Å².